The molecule has 0 bridgehead atoms. The number of Topliss-reactive ketones (excluding diaryl/α,β-unsaturated/α-hetero) is 1. The van der Waals surface area contributed by atoms with E-state index in [0.29, 0.717) is 30.2 Å². The largest absolute Gasteiger partial charge is 0.388 e. The van der Waals surface area contributed by atoms with Gasteiger partial charge in [0.05, 0.1) is 5.54 Å². The first-order valence-corrected chi connectivity index (χ1v) is 12.1. The van der Waals surface area contributed by atoms with Crippen LogP contribution in [0.15, 0.2) is 42.5 Å². The van der Waals surface area contributed by atoms with Crippen LogP contribution in [0.2, 0.25) is 0 Å². The summed E-state index contributed by atoms with van der Waals surface area (Å²) in [5.41, 5.74) is 4.23. The number of amides is 1. The molecule has 0 aromatic heterocycles. The molecule has 1 spiro atoms. The molecule has 3 N–H and O–H groups in total. The highest BCUT2D eigenvalue weighted by atomic mass is 16.2. The molecule has 3 fully saturated rings. The van der Waals surface area contributed by atoms with Gasteiger partial charge >= 0.3 is 0 Å². The van der Waals surface area contributed by atoms with E-state index in [9.17, 15) is 9.59 Å². The molecule has 6 heteroatoms. The minimum absolute atomic E-state index is 0.0649. The highest BCUT2D eigenvalue weighted by molar-refractivity contribution is 5.95. The maximum absolute atomic E-state index is 13.3. The van der Waals surface area contributed by atoms with Gasteiger partial charge < -0.3 is 20.9 Å². The molecule has 2 aromatic rings. The predicted molar refractivity (Wildman–Crippen MR) is 131 cm³/mol. The molecule has 5 rings (SSSR count). The van der Waals surface area contributed by atoms with Crippen molar-refractivity contribution in [2.45, 2.75) is 50.1 Å². The zero-order chi connectivity index (χ0) is 23.0. The number of piperidine rings is 1. The normalized spacial score (nSPS) is 23.9. The van der Waals surface area contributed by atoms with E-state index in [1.54, 1.807) is 0 Å². The molecule has 0 radical (unpaired) electrons. The van der Waals surface area contributed by atoms with Crippen molar-refractivity contribution in [1.82, 2.24) is 10.2 Å². The van der Waals surface area contributed by atoms with Gasteiger partial charge in [-0.05, 0) is 67.3 Å². The van der Waals surface area contributed by atoms with Gasteiger partial charge in [-0.15, -0.1) is 0 Å². The number of fused-ring (bicyclic) bond motifs is 1. The van der Waals surface area contributed by atoms with Crippen molar-refractivity contribution < 1.29 is 9.59 Å². The molecule has 1 saturated carbocycles. The molecular formula is C27H32N4O2. The Balaban J connectivity index is 1.30. The molecule has 1 amide bonds. The fourth-order valence-electron chi connectivity index (χ4n) is 5.51. The summed E-state index contributed by atoms with van der Waals surface area (Å²) in [4.78, 5) is 27.8. The van der Waals surface area contributed by atoms with Gasteiger partial charge in [0, 0.05) is 55.6 Å². The number of likely N-dealkylation sites (tertiary alicyclic amines) is 1. The van der Waals surface area contributed by atoms with Gasteiger partial charge in [0.2, 0.25) is 0 Å². The van der Waals surface area contributed by atoms with Crippen molar-refractivity contribution in [2.75, 3.05) is 25.5 Å². The lowest BCUT2D eigenvalue weighted by Crippen LogP contribution is -2.58. The summed E-state index contributed by atoms with van der Waals surface area (Å²) in [7, 11) is 1.85. The molecule has 3 aliphatic rings. The zero-order valence-corrected chi connectivity index (χ0v) is 19.2. The van der Waals surface area contributed by atoms with E-state index in [0.717, 1.165) is 61.0 Å². The summed E-state index contributed by atoms with van der Waals surface area (Å²) in [6.07, 6.45) is 6.98. The van der Waals surface area contributed by atoms with Crippen molar-refractivity contribution >= 4 is 23.6 Å². The molecule has 33 heavy (non-hydrogen) atoms. The Labute approximate surface area is 195 Å². The third kappa shape index (κ3) is 4.20. The molecule has 2 atom stereocenters. The van der Waals surface area contributed by atoms with Crippen LogP contribution in [0.3, 0.4) is 0 Å². The van der Waals surface area contributed by atoms with Gasteiger partial charge in [-0.2, -0.15) is 0 Å². The zero-order valence-electron chi connectivity index (χ0n) is 19.2. The van der Waals surface area contributed by atoms with Crippen LogP contribution < -0.4 is 10.6 Å². The van der Waals surface area contributed by atoms with Crippen LogP contribution in [0.4, 0.5) is 5.69 Å². The van der Waals surface area contributed by atoms with Crippen LogP contribution in [-0.2, 0) is 4.79 Å². The first kappa shape index (κ1) is 21.8. The predicted octanol–water partition coefficient (Wildman–Crippen LogP) is 4.10. The number of ketones is 1. The average Bonchev–Trinajstić information content (AvgIpc) is 3.64. The maximum Gasteiger partial charge on any atom is 0.253 e. The first-order valence-electron chi connectivity index (χ1n) is 12.1. The van der Waals surface area contributed by atoms with Crippen LogP contribution in [0.25, 0.3) is 11.1 Å². The second kappa shape index (κ2) is 8.75. The van der Waals surface area contributed by atoms with Gasteiger partial charge in [0.15, 0.2) is 5.78 Å². The number of benzene rings is 2. The number of carbonyl (C=O) groups excluding carboxylic acids is 2. The summed E-state index contributed by atoms with van der Waals surface area (Å²) in [5, 5.41) is 14.3. The number of nitrogens with one attached hydrogen (secondary N) is 3. The molecule has 172 valence electrons. The quantitative estimate of drug-likeness (QED) is 0.620. The lowest BCUT2D eigenvalue weighted by Gasteiger charge is -2.42. The second-order valence-electron chi connectivity index (χ2n) is 9.72. The average molecular weight is 445 g/mol. The number of hydrogen-bond acceptors (Lipinski definition) is 5. The van der Waals surface area contributed by atoms with Crippen molar-refractivity contribution in [1.29, 1.82) is 5.41 Å². The van der Waals surface area contributed by atoms with Crippen LogP contribution in [0, 0.1) is 11.3 Å². The highest BCUT2D eigenvalue weighted by Gasteiger charge is 2.52. The maximum atomic E-state index is 13.3. The van der Waals surface area contributed by atoms with Gasteiger partial charge in [0.1, 0.15) is 0 Å². The number of rotatable bonds is 4. The number of nitrogens with zero attached hydrogens (tertiary/aromatic N) is 1. The lowest BCUT2D eigenvalue weighted by molar-refractivity contribution is -0.123. The summed E-state index contributed by atoms with van der Waals surface area (Å²) in [6, 6.07) is 14.0. The summed E-state index contributed by atoms with van der Waals surface area (Å²) in [5.74, 6) is 0.984. The number of anilines is 1. The Morgan fingerprint density at radius 2 is 1.91 bits per heavy atom. The smallest absolute Gasteiger partial charge is 0.253 e. The molecule has 2 aliphatic heterocycles. The van der Waals surface area contributed by atoms with E-state index >= 15 is 0 Å². The van der Waals surface area contributed by atoms with E-state index in [1.807, 2.05) is 54.4 Å². The first-order chi connectivity index (χ1) is 16.0. The van der Waals surface area contributed by atoms with Crippen LogP contribution in [0.5, 0.6) is 0 Å². The molecule has 2 unspecified atom stereocenters. The topological polar surface area (TPSA) is 85.3 Å². The van der Waals surface area contributed by atoms with Crippen LogP contribution in [0.1, 0.15) is 54.4 Å². The van der Waals surface area contributed by atoms with E-state index in [2.05, 4.69) is 10.6 Å². The van der Waals surface area contributed by atoms with Crippen LogP contribution >= 0.6 is 0 Å². The Kier molecular flexibility index (Phi) is 5.79. The second-order valence-corrected chi connectivity index (χ2v) is 9.72. The summed E-state index contributed by atoms with van der Waals surface area (Å²) < 4.78 is 0. The Bertz CT molecular complexity index is 1070. The number of hydrogen-bond donors (Lipinski definition) is 3. The third-order valence-corrected chi connectivity index (χ3v) is 7.71. The van der Waals surface area contributed by atoms with Gasteiger partial charge in [0.25, 0.3) is 5.91 Å². The lowest BCUT2D eigenvalue weighted by atomic mass is 9.83. The van der Waals surface area contributed by atoms with Crippen molar-refractivity contribution in [3.63, 3.8) is 0 Å². The minimum Gasteiger partial charge on any atom is -0.388 e. The van der Waals surface area contributed by atoms with Crippen molar-refractivity contribution in [3.05, 3.63) is 53.6 Å². The highest BCUT2D eigenvalue weighted by Crippen LogP contribution is 2.41. The van der Waals surface area contributed by atoms with Gasteiger partial charge in [-0.25, -0.2) is 0 Å². The Hall–Kier alpha value is -2.99. The molecule has 2 aromatic carbocycles. The molecule has 6 nitrogen and oxygen atoms in total. The monoisotopic (exact) mass is 444 g/mol. The van der Waals surface area contributed by atoms with E-state index in [-0.39, 0.29) is 17.5 Å². The Morgan fingerprint density at radius 3 is 2.61 bits per heavy atom. The standard InChI is InChI=1S/C27H32N4O2/c1-29-23-15-21(9-10-22(23)16-28)18-5-7-20(8-6-18)26(33)31-14-11-19-3-2-4-25(32)27(12-13-27)30-24(19)17-31/h5-10,15-16,19,24,28-30H,2-4,11-14,17H2,1H3. The van der Waals surface area contributed by atoms with E-state index in [1.165, 1.54) is 6.21 Å². The van der Waals surface area contributed by atoms with Crippen molar-refractivity contribution in [2.24, 2.45) is 5.92 Å². The minimum atomic E-state index is -0.295. The van der Waals surface area contributed by atoms with Gasteiger partial charge in [-0.3, -0.25) is 9.59 Å². The van der Waals surface area contributed by atoms with Crippen molar-refractivity contribution in [3.8, 4) is 11.1 Å². The fourth-order valence-corrected chi connectivity index (χ4v) is 5.51. The van der Waals surface area contributed by atoms with E-state index in [4.69, 9.17) is 5.41 Å². The van der Waals surface area contributed by atoms with Crippen LogP contribution in [-0.4, -0.2) is 54.5 Å². The Morgan fingerprint density at radius 1 is 1.15 bits per heavy atom. The molecule has 2 saturated heterocycles. The molecule has 2 heterocycles. The third-order valence-electron chi connectivity index (χ3n) is 7.71. The summed E-state index contributed by atoms with van der Waals surface area (Å²) >= 11 is 0. The van der Waals surface area contributed by atoms with E-state index < -0.39 is 0 Å². The SMILES string of the molecule is CNc1cc(-c2ccc(C(=O)N3CCC4CCCC(=O)C5(CC5)NC4C3)cc2)ccc1C=N. The molecular weight excluding hydrogens is 412 g/mol. The number of carbonyl (C=O) groups is 2. The van der Waals surface area contributed by atoms with Gasteiger partial charge in [-0.1, -0.05) is 24.3 Å². The fraction of sp³-hybridized carbons (Fsp3) is 0.444. The molecule has 1 aliphatic carbocycles. The summed E-state index contributed by atoms with van der Waals surface area (Å²) in [6.45, 7) is 1.46.